The van der Waals surface area contributed by atoms with Gasteiger partial charge in [-0.05, 0) is 29.3 Å². The number of ether oxygens (including phenoxy) is 6. The van der Waals surface area contributed by atoms with Gasteiger partial charge in [-0.25, -0.2) is 0 Å². The molecule has 0 amide bonds. The van der Waals surface area contributed by atoms with Crippen molar-refractivity contribution in [1.29, 1.82) is 0 Å². The average Bonchev–Trinajstić information content (AvgIpc) is 2.74. The lowest BCUT2D eigenvalue weighted by atomic mass is 10.1. The fraction of sp³-hybridized carbons (Fsp3) is 0.429. The fourth-order valence-electron chi connectivity index (χ4n) is 2.78. The van der Waals surface area contributed by atoms with E-state index in [2.05, 4.69) is 5.32 Å². The molecule has 0 spiro atoms. The van der Waals surface area contributed by atoms with E-state index >= 15 is 0 Å². The summed E-state index contributed by atoms with van der Waals surface area (Å²) in [5, 5.41) is 3.97. The first-order chi connectivity index (χ1) is 14.1. The second kappa shape index (κ2) is 11.6. The third kappa shape index (κ3) is 6.06. The van der Waals surface area contributed by atoms with E-state index in [4.69, 9.17) is 40.0 Å². The molecule has 2 aromatic carbocycles. The monoisotopic (exact) mass is 425 g/mol. The lowest BCUT2D eigenvalue weighted by Gasteiger charge is -2.16. The molecule has 160 valence electrons. The van der Waals surface area contributed by atoms with Gasteiger partial charge < -0.3 is 33.7 Å². The summed E-state index contributed by atoms with van der Waals surface area (Å²) in [5.41, 5.74) is 1.89. The maximum atomic E-state index is 6.35. The van der Waals surface area contributed by atoms with E-state index in [0.717, 1.165) is 11.1 Å². The SMILES string of the molecule is COCCOc1c(OC)cc(CNCc2cc(OC)c(OC)cc2Cl)cc1OC. The highest BCUT2D eigenvalue weighted by molar-refractivity contribution is 6.31. The Hall–Kier alpha value is -2.35. The second-order valence-corrected chi connectivity index (χ2v) is 6.48. The smallest absolute Gasteiger partial charge is 0.203 e. The zero-order chi connectivity index (χ0) is 21.2. The van der Waals surface area contributed by atoms with Gasteiger partial charge in [0.05, 0.1) is 35.0 Å². The van der Waals surface area contributed by atoms with Crippen molar-refractivity contribution in [1.82, 2.24) is 5.32 Å². The van der Waals surface area contributed by atoms with Crippen LogP contribution in [-0.4, -0.2) is 48.8 Å². The Morgan fingerprint density at radius 3 is 1.86 bits per heavy atom. The minimum absolute atomic E-state index is 0.401. The molecule has 7 nitrogen and oxygen atoms in total. The van der Waals surface area contributed by atoms with E-state index in [9.17, 15) is 0 Å². The van der Waals surface area contributed by atoms with Gasteiger partial charge in [0.25, 0.3) is 0 Å². The van der Waals surface area contributed by atoms with Crippen LogP contribution in [0.3, 0.4) is 0 Å². The molecule has 2 aromatic rings. The molecule has 0 saturated heterocycles. The molecule has 29 heavy (non-hydrogen) atoms. The molecule has 0 aromatic heterocycles. The second-order valence-electron chi connectivity index (χ2n) is 6.07. The number of benzene rings is 2. The molecule has 2 rings (SSSR count). The lowest BCUT2D eigenvalue weighted by Crippen LogP contribution is -2.14. The predicted octanol–water partition coefficient (Wildman–Crippen LogP) is 3.69. The predicted molar refractivity (Wildman–Crippen MR) is 112 cm³/mol. The zero-order valence-corrected chi connectivity index (χ0v) is 18.2. The molecule has 0 aliphatic carbocycles. The molecule has 0 unspecified atom stereocenters. The zero-order valence-electron chi connectivity index (χ0n) is 17.5. The van der Waals surface area contributed by atoms with Gasteiger partial charge in [-0.1, -0.05) is 11.6 Å². The van der Waals surface area contributed by atoms with Crippen molar-refractivity contribution in [3.05, 3.63) is 40.4 Å². The van der Waals surface area contributed by atoms with Gasteiger partial charge in [-0.3, -0.25) is 0 Å². The Morgan fingerprint density at radius 1 is 0.724 bits per heavy atom. The van der Waals surface area contributed by atoms with Gasteiger partial charge in [0.15, 0.2) is 23.0 Å². The molecule has 0 saturated carbocycles. The first-order valence-electron chi connectivity index (χ1n) is 9.05. The van der Waals surface area contributed by atoms with Gasteiger partial charge in [-0.15, -0.1) is 0 Å². The van der Waals surface area contributed by atoms with Gasteiger partial charge in [0, 0.05) is 31.3 Å². The topological polar surface area (TPSA) is 67.4 Å². The number of rotatable bonds is 12. The highest BCUT2D eigenvalue weighted by Gasteiger charge is 2.15. The normalized spacial score (nSPS) is 10.6. The summed E-state index contributed by atoms with van der Waals surface area (Å²) in [7, 11) is 7.99. The summed E-state index contributed by atoms with van der Waals surface area (Å²) >= 11 is 6.35. The quantitative estimate of drug-likeness (QED) is 0.520. The van der Waals surface area contributed by atoms with Crippen LogP contribution in [0.5, 0.6) is 28.7 Å². The number of halogens is 1. The van der Waals surface area contributed by atoms with Crippen LogP contribution in [0.15, 0.2) is 24.3 Å². The lowest BCUT2D eigenvalue weighted by molar-refractivity contribution is 0.142. The summed E-state index contributed by atoms with van der Waals surface area (Å²) in [6.45, 7) is 2.01. The summed E-state index contributed by atoms with van der Waals surface area (Å²) in [4.78, 5) is 0. The van der Waals surface area contributed by atoms with Gasteiger partial charge in [0.1, 0.15) is 6.61 Å². The molecular weight excluding hydrogens is 398 g/mol. The minimum atomic E-state index is 0.401. The van der Waals surface area contributed by atoms with Crippen molar-refractivity contribution in [2.75, 3.05) is 48.8 Å². The molecule has 0 aliphatic heterocycles. The molecule has 8 heteroatoms. The van der Waals surface area contributed by atoms with Crippen LogP contribution in [0.2, 0.25) is 5.02 Å². The maximum absolute atomic E-state index is 6.35. The van der Waals surface area contributed by atoms with Crippen molar-refractivity contribution in [2.45, 2.75) is 13.1 Å². The maximum Gasteiger partial charge on any atom is 0.203 e. The first-order valence-corrected chi connectivity index (χ1v) is 9.43. The fourth-order valence-corrected chi connectivity index (χ4v) is 3.00. The standard InChI is InChI=1S/C21H28ClNO6/c1-24-6-7-29-21-19(27-4)8-14(9-20(21)28-5)12-23-13-15-10-17(25-2)18(26-3)11-16(15)22/h8-11,23H,6-7,12-13H2,1-5H3. The molecule has 0 bridgehead atoms. The Kier molecular flexibility index (Phi) is 9.18. The van der Waals surface area contributed by atoms with Crippen molar-refractivity contribution in [2.24, 2.45) is 0 Å². The van der Waals surface area contributed by atoms with E-state index in [1.807, 2.05) is 18.2 Å². The van der Waals surface area contributed by atoms with Crippen LogP contribution in [0, 0.1) is 0 Å². The van der Waals surface area contributed by atoms with Crippen LogP contribution in [0.25, 0.3) is 0 Å². The molecule has 0 radical (unpaired) electrons. The van der Waals surface area contributed by atoms with Crippen molar-refractivity contribution >= 4 is 11.6 Å². The van der Waals surface area contributed by atoms with Crippen LogP contribution in [-0.2, 0) is 17.8 Å². The molecule has 0 fully saturated rings. The van der Waals surface area contributed by atoms with Gasteiger partial charge >= 0.3 is 0 Å². The van der Waals surface area contributed by atoms with Gasteiger partial charge in [0.2, 0.25) is 5.75 Å². The summed E-state index contributed by atoms with van der Waals surface area (Å²) < 4.78 is 32.3. The van der Waals surface area contributed by atoms with E-state index in [1.165, 1.54) is 0 Å². The van der Waals surface area contributed by atoms with Gasteiger partial charge in [-0.2, -0.15) is 0 Å². The number of hydrogen-bond acceptors (Lipinski definition) is 7. The largest absolute Gasteiger partial charge is 0.493 e. The highest BCUT2D eigenvalue weighted by Crippen LogP contribution is 2.38. The van der Waals surface area contributed by atoms with E-state index in [-0.39, 0.29) is 0 Å². The van der Waals surface area contributed by atoms with Crippen LogP contribution >= 0.6 is 11.6 Å². The third-order valence-electron chi connectivity index (χ3n) is 4.25. The summed E-state index contributed by atoms with van der Waals surface area (Å²) in [5.74, 6) is 2.98. The molecule has 0 aliphatic rings. The summed E-state index contributed by atoms with van der Waals surface area (Å²) in [6, 6.07) is 7.43. The number of nitrogens with one attached hydrogen (secondary N) is 1. The van der Waals surface area contributed by atoms with E-state index < -0.39 is 0 Å². The number of methoxy groups -OCH3 is 5. The molecule has 0 atom stereocenters. The van der Waals surface area contributed by atoms with Crippen molar-refractivity contribution in [3.63, 3.8) is 0 Å². The highest BCUT2D eigenvalue weighted by atomic mass is 35.5. The van der Waals surface area contributed by atoms with E-state index in [1.54, 1.807) is 41.6 Å². The minimum Gasteiger partial charge on any atom is -0.493 e. The van der Waals surface area contributed by atoms with Crippen LogP contribution in [0.1, 0.15) is 11.1 Å². The van der Waals surface area contributed by atoms with Crippen LogP contribution < -0.4 is 29.0 Å². The van der Waals surface area contributed by atoms with Crippen molar-refractivity contribution < 1.29 is 28.4 Å². The average molecular weight is 426 g/mol. The Balaban J connectivity index is 2.11. The molecule has 0 heterocycles. The van der Waals surface area contributed by atoms with Crippen LogP contribution in [0.4, 0.5) is 0 Å². The Morgan fingerprint density at radius 2 is 1.31 bits per heavy atom. The van der Waals surface area contributed by atoms with E-state index in [0.29, 0.717) is 60.1 Å². The molecule has 1 N–H and O–H groups in total. The summed E-state index contributed by atoms with van der Waals surface area (Å²) in [6.07, 6.45) is 0. The third-order valence-corrected chi connectivity index (χ3v) is 4.60. The Bertz CT molecular complexity index is 774. The Labute approximate surface area is 176 Å². The molecular formula is C21H28ClNO6. The number of hydrogen-bond donors (Lipinski definition) is 1. The first kappa shape index (κ1) is 22.9. The van der Waals surface area contributed by atoms with Crippen molar-refractivity contribution in [3.8, 4) is 28.7 Å².